The summed E-state index contributed by atoms with van der Waals surface area (Å²) < 4.78 is 27.6. The Balaban J connectivity index is 1.47. The summed E-state index contributed by atoms with van der Waals surface area (Å²) in [6, 6.07) is 7.90. The van der Waals surface area contributed by atoms with Gasteiger partial charge in [0.15, 0.2) is 0 Å². The summed E-state index contributed by atoms with van der Waals surface area (Å²) >= 11 is 0. The van der Waals surface area contributed by atoms with Crippen molar-refractivity contribution in [2.45, 2.75) is 31.6 Å². The van der Waals surface area contributed by atoms with E-state index >= 15 is 0 Å². The average molecular weight is 416 g/mol. The van der Waals surface area contributed by atoms with Crippen LogP contribution in [0, 0.1) is 13.8 Å². The Labute approximate surface area is 169 Å². The molecule has 154 valence electrons. The van der Waals surface area contributed by atoms with E-state index in [0.29, 0.717) is 43.9 Å². The van der Waals surface area contributed by atoms with Crippen molar-refractivity contribution in [2.24, 2.45) is 0 Å². The van der Waals surface area contributed by atoms with Crippen LogP contribution < -0.4 is 0 Å². The van der Waals surface area contributed by atoms with E-state index in [9.17, 15) is 13.2 Å². The van der Waals surface area contributed by atoms with E-state index in [2.05, 4.69) is 15.2 Å². The summed E-state index contributed by atoms with van der Waals surface area (Å²) in [7, 11) is -3.63. The molecule has 3 aromatic rings. The molecule has 1 fully saturated rings. The molecule has 1 aliphatic rings. The molecule has 29 heavy (non-hydrogen) atoms. The third kappa shape index (κ3) is 3.67. The van der Waals surface area contributed by atoms with Gasteiger partial charge in [-0.3, -0.25) is 9.89 Å². The number of hydrogen-bond acceptors (Lipinski definition) is 4. The summed E-state index contributed by atoms with van der Waals surface area (Å²) in [6.07, 6.45) is 2.78. The summed E-state index contributed by atoms with van der Waals surface area (Å²) in [5.41, 5.74) is 2.98. The number of H-pyrrole nitrogens is 2. The topological polar surface area (TPSA) is 102 Å². The molecule has 0 bridgehead atoms. The summed E-state index contributed by atoms with van der Waals surface area (Å²) in [5.74, 6) is 0.0182. The van der Waals surface area contributed by atoms with Gasteiger partial charge in [-0.1, -0.05) is 18.2 Å². The first-order valence-corrected chi connectivity index (χ1v) is 11.2. The molecule has 4 rings (SSSR count). The van der Waals surface area contributed by atoms with Gasteiger partial charge in [-0.25, -0.2) is 8.42 Å². The number of aromatic nitrogens is 3. The van der Waals surface area contributed by atoms with Gasteiger partial charge in [-0.05, 0) is 31.9 Å². The minimum atomic E-state index is -3.63. The van der Waals surface area contributed by atoms with Crippen molar-refractivity contribution in [3.05, 3.63) is 47.4 Å². The lowest BCUT2D eigenvalue weighted by Gasteiger charge is -2.22. The number of hydrogen-bond donors (Lipinski definition) is 2. The fourth-order valence-electron chi connectivity index (χ4n) is 3.99. The second-order valence-corrected chi connectivity index (χ2v) is 9.31. The highest BCUT2D eigenvalue weighted by atomic mass is 32.2. The molecule has 0 aliphatic carbocycles. The standard InChI is InChI=1S/C20H25N5O3S/c1-14-20(15(2)23-22-14)29(27,28)25-9-5-8-24(10-11-25)19(26)12-16-13-21-18-7-4-3-6-17(16)18/h3-4,6-7,13,21H,5,8-12H2,1-2H3,(H,22,23). The monoisotopic (exact) mass is 415 g/mol. The van der Waals surface area contributed by atoms with Crippen LogP contribution >= 0.6 is 0 Å². The molecule has 1 aromatic carbocycles. The second-order valence-electron chi connectivity index (χ2n) is 7.44. The summed E-state index contributed by atoms with van der Waals surface area (Å²) in [6.45, 7) is 5.01. The molecule has 2 N–H and O–H groups in total. The Hall–Kier alpha value is -2.65. The van der Waals surface area contributed by atoms with Crippen LogP contribution in [0.15, 0.2) is 35.4 Å². The normalized spacial score (nSPS) is 16.3. The SMILES string of the molecule is Cc1n[nH]c(C)c1S(=O)(=O)N1CCCN(C(=O)Cc2c[nH]c3ccccc23)CC1. The molecular weight excluding hydrogens is 390 g/mol. The third-order valence-corrected chi connectivity index (χ3v) is 7.65. The number of sulfonamides is 1. The largest absolute Gasteiger partial charge is 0.361 e. The molecule has 1 aliphatic heterocycles. The molecule has 0 radical (unpaired) electrons. The minimum absolute atomic E-state index is 0.0182. The maximum Gasteiger partial charge on any atom is 0.246 e. The number of nitrogens with one attached hydrogen (secondary N) is 2. The lowest BCUT2D eigenvalue weighted by atomic mass is 10.1. The quantitative estimate of drug-likeness (QED) is 0.680. The number of amides is 1. The molecule has 8 nitrogen and oxygen atoms in total. The molecule has 9 heteroatoms. The molecule has 2 aromatic heterocycles. The molecule has 0 spiro atoms. The van der Waals surface area contributed by atoms with E-state index in [1.165, 1.54) is 4.31 Å². The van der Waals surface area contributed by atoms with Crippen LogP contribution in [-0.2, 0) is 21.2 Å². The van der Waals surface area contributed by atoms with E-state index in [1.54, 1.807) is 18.7 Å². The van der Waals surface area contributed by atoms with Gasteiger partial charge in [0, 0.05) is 43.3 Å². The molecule has 0 unspecified atom stereocenters. The van der Waals surface area contributed by atoms with Crippen LogP contribution in [0.4, 0.5) is 0 Å². The van der Waals surface area contributed by atoms with Gasteiger partial charge >= 0.3 is 0 Å². The predicted octanol–water partition coefficient (Wildman–Crippen LogP) is 1.97. The van der Waals surface area contributed by atoms with Gasteiger partial charge in [0.2, 0.25) is 15.9 Å². The average Bonchev–Trinajstić information content (AvgIpc) is 3.14. The fourth-order valence-corrected chi connectivity index (χ4v) is 5.79. The minimum Gasteiger partial charge on any atom is -0.361 e. The molecule has 3 heterocycles. The molecule has 0 saturated carbocycles. The highest BCUT2D eigenvalue weighted by molar-refractivity contribution is 7.89. The Morgan fingerprint density at radius 3 is 2.69 bits per heavy atom. The Kier molecular flexibility index (Phi) is 5.18. The molecule has 0 atom stereocenters. The molecule has 1 saturated heterocycles. The highest BCUT2D eigenvalue weighted by Gasteiger charge is 2.31. The number of rotatable bonds is 4. The van der Waals surface area contributed by atoms with E-state index in [-0.39, 0.29) is 17.3 Å². The third-order valence-electron chi connectivity index (χ3n) is 5.48. The maximum absolute atomic E-state index is 13.1. The van der Waals surface area contributed by atoms with Crippen LogP contribution in [0.1, 0.15) is 23.4 Å². The Morgan fingerprint density at radius 2 is 1.93 bits per heavy atom. The zero-order valence-electron chi connectivity index (χ0n) is 16.6. The van der Waals surface area contributed by atoms with Gasteiger partial charge in [-0.2, -0.15) is 9.40 Å². The van der Waals surface area contributed by atoms with Crippen molar-refractivity contribution in [1.82, 2.24) is 24.4 Å². The van der Waals surface area contributed by atoms with E-state index < -0.39 is 10.0 Å². The smallest absolute Gasteiger partial charge is 0.246 e. The zero-order chi connectivity index (χ0) is 20.6. The number of para-hydroxylation sites is 1. The fraction of sp³-hybridized carbons (Fsp3) is 0.400. The van der Waals surface area contributed by atoms with Crippen LogP contribution in [-0.4, -0.2) is 64.9 Å². The Morgan fingerprint density at radius 1 is 1.14 bits per heavy atom. The molecule has 1 amide bonds. The van der Waals surface area contributed by atoms with Crippen LogP contribution in [0.25, 0.3) is 10.9 Å². The number of aryl methyl sites for hydroxylation is 2. The molecular formula is C20H25N5O3S. The van der Waals surface area contributed by atoms with Gasteiger partial charge in [0.1, 0.15) is 4.90 Å². The maximum atomic E-state index is 13.1. The lowest BCUT2D eigenvalue weighted by molar-refractivity contribution is -0.130. The number of nitrogens with zero attached hydrogens (tertiary/aromatic N) is 3. The van der Waals surface area contributed by atoms with Crippen molar-refractivity contribution < 1.29 is 13.2 Å². The number of carbonyl (C=O) groups is 1. The van der Waals surface area contributed by atoms with E-state index in [4.69, 9.17) is 0 Å². The zero-order valence-corrected chi connectivity index (χ0v) is 17.4. The lowest BCUT2D eigenvalue weighted by Crippen LogP contribution is -2.38. The van der Waals surface area contributed by atoms with Crippen molar-refractivity contribution in [3.63, 3.8) is 0 Å². The first-order valence-electron chi connectivity index (χ1n) is 9.72. The number of aromatic amines is 2. The van der Waals surface area contributed by atoms with E-state index in [0.717, 1.165) is 16.5 Å². The van der Waals surface area contributed by atoms with Gasteiger partial charge < -0.3 is 9.88 Å². The highest BCUT2D eigenvalue weighted by Crippen LogP contribution is 2.23. The van der Waals surface area contributed by atoms with Crippen molar-refractivity contribution in [2.75, 3.05) is 26.2 Å². The van der Waals surface area contributed by atoms with Crippen molar-refractivity contribution in [1.29, 1.82) is 0 Å². The number of carbonyl (C=O) groups excluding carboxylic acids is 1. The first-order chi connectivity index (χ1) is 13.9. The Bertz CT molecular complexity index is 1130. The van der Waals surface area contributed by atoms with Crippen molar-refractivity contribution >= 4 is 26.8 Å². The first kappa shape index (κ1) is 19.7. The summed E-state index contributed by atoms with van der Waals surface area (Å²) in [4.78, 5) is 18.1. The van der Waals surface area contributed by atoms with Gasteiger partial charge in [-0.15, -0.1) is 0 Å². The van der Waals surface area contributed by atoms with Gasteiger partial charge in [0.05, 0.1) is 17.8 Å². The van der Waals surface area contributed by atoms with Gasteiger partial charge in [0.25, 0.3) is 0 Å². The van der Waals surface area contributed by atoms with Crippen LogP contribution in [0.2, 0.25) is 0 Å². The predicted molar refractivity (Wildman–Crippen MR) is 110 cm³/mol. The summed E-state index contributed by atoms with van der Waals surface area (Å²) in [5, 5.41) is 7.80. The number of benzene rings is 1. The second kappa shape index (κ2) is 7.64. The number of fused-ring (bicyclic) bond motifs is 1. The van der Waals surface area contributed by atoms with Crippen LogP contribution in [0.5, 0.6) is 0 Å². The van der Waals surface area contributed by atoms with Crippen LogP contribution in [0.3, 0.4) is 0 Å². The van der Waals surface area contributed by atoms with Crippen molar-refractivity contribution in [3.8, 4) is 0 Å². The van der Waals surface area contributed by atoms with E-state index in [1.807, 2.05) is 30.5 Å².